The van der Waals surface area contributed by atoms with Gasteiger partial charge in [0.1, 0.15) is 0 Å². The van der Waals surface area contributed by atoms with Crippen LogP contribution in [0.4, 0.5) is 5.13 Å². The van der Waals surface area contributed by atoms with E-state index in [9.17, 15) is 0 Å². The Morgan fingerprint density at radius 2 is 2.29 bits per heavy atom. The topological polar surface area (TPSA) is 28.2 Å². The Hall–Kier alpha value is -0.910. The normalized spacial score (nSPS) is 18.0. The molecule has 0 bridgehead atoms. The summed E-state index contributed by atoms with van der Waals surface area (Å²) in [7, 11) is 0. The smallest absolute Gasteiger partial charge is 0.186 e. The van der Waals surface area contributed by atoms with E-state index in [0.29, 0.717) is 6.04 Å². The molecular weight excluding hydrogens is 298 g/mol. The Balaban J connectivity index is 1.85. The highest BCUT2D eigenvalue weighted by Crippen LogP contribution is 2.38. The number of hydrogen-bond donors (Lipinski definition) is 1. The van der Waals surface area contributed by atoms with Gasteiger partial charge < -0.3 is 10.2 Å². The maximum absolute atomic E-state index is 4.92. The van der Waals surface area contributed by atoms with E-state index >= 15 is 0 Å². The molecule has 0 fully saturated rings. The molecule has 21 heavy (non-hydrogen) atoms. The summed E-state index contributed by atoms with van der Waals surface area (Å²) in [5, 5.41) is 6.85. The first kappa shape index (κ1) is 15.0. The number of anilines is 1. The summed E-state index contributed by atoms with van der Waals surface area (Å²) in [6.07, 6.45) is 2.17. The minimum Gasteiger partial charge on any atom is -0.341 e. The lowest BCUT2D eigenvalue weighted by Gasteiger charge is -2.33. The van der Waals surface area contributed by atoms with E-state index in [1.165, 1.54) is 21.3 Å². The van der Waals surface area contributed by atoms with Gasteiger partial charge in [0.15, 0.2) is 5.13 Å². The summed E-state index contributed by atoms with van der Waals surface area (Å²) in [6, 6.07) is 2.73. The Labute approximate surface area is 135 Å². The summed E-state index contributed by atoms with van der Waals surface area (Å²) < 4.78 is 0. The van der Waals surface area contributed by atoms with Gasteiger partial charge in [-0.3, -0.25) is 0 Å². The maximum Gasteiger partial charge on any atom is 0.186 e. The van der Waals surface area contributed by atoms with E-state index < -0.39 is 0 Å². The molecule has 1 atom stereocenters. The Morgan fingerprint density at radius 3 is 3.05 bits per heavy atom. The molecule has 0 radical (unpaired) electrons. The van der Waals surface area contributed by atoms with Crippen LogP contribution in [0.25, 0.3) is 0 Å². The van der Waals surface area contributed by atoms with Crippen molar-refractivity contribution in [2.45, 2.75) is 46.2 Å². The molecule has 1 unspecified atom stereocenters. The molecule has 114 valence electrons. The minimum atomic E-state index is 0.447. The number of fused-ring (bicyclic) bond motifs is 1. The number of nitrogens with one attached hydrogen (secondary N) is 1. The van der Waals surface area contributed by atoms with Gasteiger partial charge in [0.2, 0.25) is 0 Å². The van der Waals surface area contributed by atoms with Crippen LogP contribution in [-0.2, 0) is 19.4 Å². The van der Waals surface area contributed by atoms with Crippen molar-refractivity contribution in [2.24, 2.45) is 0 Å². The average molecular weight is 322 g/mol. The van der Waals surface area contributed by atoms with Crippen LogP contribution in [0, 0.1) is 0 Å². The zero-order valence-electron chi connectivity index (χ0n) is 13.0. The van der Waals surface area contributed by atoms with E-state index in [2.05, 4.69) is 42.4 Å². The average Bonchev–Trinajstić information content (AvgIpc) is 3.12. The third kappa shape index (κ3) is 2.87. The third-order valence-electron chi connectivity index (χ3n) is 4.16. The first-order valence-electron chi connectivity index (χ1n) is 7.76. The maximum atomic E-state index is 4.92. The van der Waals surface area contributed by atoms with Crippen LogP contribution < -0.4 is 10.2 Å². The molecule has 1 N–H and O–H groups in total. The number of thiophene rings is 1. The van der Waals surface area contributed by atoms with Crippen molar-refractivity contribution in [2.75, 3.05) is 18.0 Å². The largest absolute Gasteiger partial charge is 0.341 e. The number of rotatable bonds is 5. The van der Waals surface area contributed by atoms with E-state index in [0.717, 1.165) is 32.5 Å². The van der Waals surface area contributed by atoms with Crippen molar-refractivity contribution in [3.63, 3.8) is 0 Å². The van der Waals surface area contributed by atoms with Crippen LogP contribution in [0.5, 0.6) is 0 Å². The van der Waals surface area contributed by atoms with Crippen LogP contribution in [0.3, 0.4) is 0 Å². The zero-order chi connectivity index (χ0) is 14.8. The second kappa shape index (κ2) is 6.46. The first-order valence-corrected chi connectivity index (χ1v) is 9.46. The lowest BCUT2D eigenvalue weighted by atomic mass is 10.0. The lowest BCUT2D eigenvalue weighted by molar-refractivity contribution is 0.630. The lowest BCUT2D eigenvalue weighted by Crippen LogP contribution is -2.32. The molecule has 3 heterocycles. The van der Waals surface area contributed by atoms with Gasteiger partial charge in [-0.25, -0.2) is 4.98 Å². The Bertz CT molecular complexity index is 602. The predicted molar refractivity (Wildman–Crippen MR) is 92.7 cm³/mol. The number of aromatic nitrogens is 1. The SMILES string of the molecule is CCNCc1sc(N2CCc3sccc3C2C)nc1CC. The van der Waals surface area contributed by atoms with E-state index in [-0.39, 0.29) is 0 Å². The Kier molecular flexibility index (Phi) is 4.62. The molecule has 3 nitrogen and oxygen atoms in total. The molecule has 0 aliphatic carbocycles. The third-order valence-corrected chi connectivity index (χ3v) is 6.29. The van der Waals surface area contributed by atoms with Gasteiger partial charge in [-0.05, 0) is 43.3 Å². The van der Waals surface area contributed by atoms with Crippen molar-refractivity contribution in [1.29, 1.82) is 0 Å². The van der Waals surface area contributed by atoms with Gasteiger partial charge in [-0.1, -0.05) is 13.8 Å². The molecule has 0 saturated carbocycles. The summed E-state index contributed by atoms with van der Waals surface area (Å²) in [5.74, 6) is 0. The fourth-order valence-electron chi connectivity index (χ4n) is 2.92. The van der Waals surface area contributed by atoms with Gasteiger partial charge >= 0.3 is 0 Å². The van der Waals surface area contributed by atoms with Crippen molar-refractivity contribution in [1.82, 2.24) is 10.3 Å². The minimum absolute atomic E-state index is 0.447. The summed E-state index contributed by atoms with van der Waals surface area (Å²) in [5.41, 5.74) is 2.76. The highest BCUT2D eigenvalue weighted by molar-refractivity contribution is 7.15. The molecule has 1 aliphatic heterocycles. The fourth-order valence-corrected chi connectivity index (χ4v) is 5.10. The molecule has 5 heteroatoms. The standard InChI is InChI=1S/C16H23N3S2/c1-4-13-15(10-17-5-2)21-16(18-13)19-8-6-14-12(11(19)3)7-9-20-14/h7,9,11,17H,4-6,8,10H2,1-3H3. The van der Waals surface area contributed by atoms with Gasteiger partial charge in [0, 0.05) is 22.8 Å². The van der Waals surface area contributed by atoms with Crippen LogP contribution in [0.2, 0.25) is 0 Å². The summed E-state index contributed by atoms with van der Waals surface area (Å²) >= 11 is 3.76. The van der Waals surface area contributed by atoms with Gasteiger partial charge in [0.05, 0.1) is 11.7 Å². The van der Waals surface area contributed by atoms with E-state index in [1.807, 2.05) is 22.7 Å². The quantitative estimate of drug-likeness (QED) is 0.902. The molecular formula is C16H23N3S2. The van der Waals surface area contributed by atoms with Crippen molar-refractivity contribution in [3.8, 4) is 0 Å². The number of nitrogens with zero attached hydrogens (tertiary/aromatic N) is 2. The summed E-state index contributed by atoms with van der Waals surface area (Å²) in [6.45, 7) is 9.70. The second-order valence-corrected chi connectivity index (χ2v) is 7.48. The summed E-state index contributed by atoms with van der Waals surface area (Å²) in [4.78, 5) is 10.4. The fraction of sp³-hybridized carbons (Fsp3) is 0.562. The van der Waals surface area contributed by atoms with Crippen LogP contribution >= 0.6 is 22.7 Å². The van der Waals surface area contributed by atoms with Crippen LogP contribution in [0.15, 0.2) is 11.4 Å². The molecule has 1 aliphatic rings. The molecule has 0 spiro atoms. The monoisotopic (exact) mass is 321 g/mol. The molecule has 0 amide bonds. The highest BCUT2D eigenvalue weighted by Gasteiger charge is 2.27. The van der Waals surface area contributed by atoms with Gasteiger partial charge in [-0.2, -0.15) is 0 Å². The van der Waals surface area contributed by atoms with Gasteiger partial charge in [-0.15, -0.1) is 22.7 Å². The number of aryl methyl sites for hydroxylation is 1. The molecule has 0 saturated heterocycles. The van der Waals surface area contributed by atoms with Crippen molar-refractivity contribution in [3.05, 3.63) is 32.5 Å². The van der Waals surface area contributed by atoms with Crippen LogP contribution in [0.1, 0.15) is 47.8 Å². The van der Waals surface area contributed by atoms with E-state index in [4.69, 9.17) is 4.98 Å². The highest BCUT2D eigenvalue weighted by atomic mass is 32.1. The Morgan fingerprint density at radius 1 is 1.43 bits per heavy atom. The molecule has 2 aromatic heterocycles. The molecule has 2 aromatic rings. The zero-order valence-corrected chi connectivity index (χ0v) is 14.6. The second-order valence-electron chi connectivity index (χ2n) is 5.42. The number of thiazole rings is 1. The predicted octanol–water partition coefficient (Wildman–Crippen LogP) is 4.00. The van der Waals surface area contributed by atoms with E-state index in [1.54, 1.807) is 4.88 Å². The molecule has 0 aromatic carbocycles. The van der Waals surface area contributed by atoms with Crippen molar-refractivity contribution < 1.29 is 0 Å². The first-order chi connectivity index (χ1) is 10.2. The molecule has 3 rings (SSSR count). The van der Waals surface area contributed by atoms with Gasteiger partial charge in [0.25, 0.3) is 0 Å². The number of hydrogen-bond acceptors (Lipinski definition) is 5. The van der Waals surface area contributed by atoms with Crippen LogP contribution in [-0.4, -0.2) is 18.1 Å². The van der Waals surface area contributed by atoms with Crippen molar-refractivity contribution >= 4 is 27.8 Å².